The summed E-state index contributed by atoms with van der Waals surface area (Å²) in [5.74, 6) is 0.287. The lowest BCUT2D eigenvalue weighted by molar-refractivity contribution is -0.119. The Morgan fingerprint density at radius 1 is 1.09 bits per heavy atom. The molecule has 1 atom stereocenters. The summed E-state index contributed by atoms with van der Waals surface area (Å²) in [6.07, 6.45) is 3.55. The van der Waals surface area contributed by atoms with E-state index in [1.165, 1.54) is 11.3 Å². The van der Waals surface area contributed by atoms with E-state index in [-0.39, 0.29) is 11.9 Å². The number of morpholine rings is 1. The van der Waals surface area contributed by atoms with Gasteiger partial charge in [-0.1, -0.05) is 12.1 Å². The van der Waals surface area contributed by atoms with Gasteiger partial charge in [-0.25, -0.2) is 9.97 Å². The number of ether oxygens (including phenoxy) is 1. The lowest BCUT2D eigenvalue weighted by Gasteiger charge is -2.30. The number of nitrogens with zero attached hydrogens (tertiary/aromatic N) is 4. The second kappa shape index (κ2) is 9.69. The van der Waals surface area contributed by atoms with E-state index >= 15 is 0 Å². The van der Waals surface area contributed by atoms with Crippen molar-refractivity contribution in [3.63, 3.8) is 0 Å². The summed E-state index contributed by atoms with van der Waals surface area (Å²) < 4.78 is 5.47. The number of nitrogens with two attached hydrogens (primary N) is 1. The average Bonchev–Trinajstić information content (AvgIpc) is 3.36. The SMILES string of the molecule is Cc1cc(Nc2nccc(-c3ccc(N4CCC[C@@H]4C(N)=O)cc3)n2)ccc1N1CCOCC1. The Bertz CT molecular complexity index is 1160. The van der Waals surface area contributed by atoms with Gasteiger partial charge in [0.15, 0.2) is 0 Å². The normalized spacial score (nSPS) is 18.2. The number of hydrogen-bond acceptors (Lipinski definition) is 7. The van der Waals surface area contributed by atoms with Gasteiger partial charge in [0.2, 0.25) is 11.9 Å². The number of carbonyl (C=O) groups excluding carboxylic acids is 1. The van der Waals surface area contributed by atoms with Gasteiger partial charge < -0.3 is 25.6 Å². The number of aryl methyl sites for hydroxylation is 1. The number of carbonyl (C=O) groups is 1. The third kappa shape index (κ3) is 4.68. The number of benzene rings is 2. The van der Waals surface area contributed by atoms with E-state index in [4.69, 9.17) is 15.5 Å². The van der Waals surface area contributed by atoms with Gasteiger partial charge in [-0.15, -0.1) is 0 Å². The van der Waals surface area contributed by atoms with Crippen molar-refractivity contribution in [2.24, 2.45) is 5.73 Å². The number of anilines is 4. The van der Waals surface area contributed by atoms with Gasteiger partial charge in [0.05, 0.1) is 18.9 Å². The standard InChI is InChI=1S/C26H30N6O2/c1-18-17-20(6-9-23(18)31-13-15-34-16-14-31)29-26-28-11-10-22(30-26)19-4-7-21(8-5-19)32-12-2-3-24(32)25(27)33/h4-11,17,24H,2-3,12-16H2,1H3,(H2,27,33)(H,28,29,30)/t24-/m1/s1. The molecule has 2 fully saturated rings. The van der Waals surface area contributed by atoms with Gasteiger partial charge >= 0.3 is 0 Å². The van der Waals surface area contributed by atoms with Crippen LogP contribution in [0.15, 0.2) is 54.7 Å². The summed E-state index contributed by atoms with van der Waals surface area (Å²) in [6, 6.07) is 16.1. The maximum absolute atomic E-state index is 11.7. The predicted octanol–water partition coefficient (Wildman–Crippen LogP) is 3.49. The average molecular weight is 459 g/mol. The zero-order valence-corrected chi connectivity index (χ0v) is 19.4. The number of primary amides is 1. The predicted molar refractivity (Wildman–Crippen MR) is 135 cm³/mol. The first-order valence-corrected chi connectivity index (χ1v) is 11.8. The van der Waals surface area contributed by atoms with E-state index in [0.717, 1.165) is 68.3 Å². The molecule has 5 rings (SSSR count). The molecule has 2 saturated heterocycles. The molecule has 0 radical (unpaired) electrons. The molecule has 0 unspecified atom stereocenters. The molecule has 2 aromatic carbocycles. The van der Waals surface area contributed by atoms with Crippen LogP contribution in [0.5, 0.6) is 0 Å². The van der Waals surface area contributed by atoms with Crippen molar-refractivity contribution < 1.29 is 9.53 Å². The Balaban J connectivity index is 1.30. The smallest absolute Gasteiger partial charge is 0.240 e. The number of hydrogen-bond donors (Lipinski definition) is 2. The summed E-state index contributed by atoms with van der Waals surface area (Å²) in [6.45, 7) is 6.34. The lowest BCUT2D eigenvalue weighted by Crippen LogP contribution is -2.40. The molecule has 1 aromatic heterocycles. The molecule has 176 valence electrons. The van der Waals surface area contributed by atoms with E-state index in [2.05, 4.69) is 45.2 Å². The Kier molecular flexibility index (Phi) is 6.31. The molecule has 3 N–H and O–H groups in total. The fourth-order valence-corrected chi connectivity index (χ4v) is 4.80. The Morgan fingerprint density at radius 2 is 1.88 bits per heavy atom. The summed E-state index contributed by atoms with van der Waals surface area (Å²) in [5, 5.41) is 3.33. The largest absolute Gasteiger partial charge is 0.378 e. The van der Waals surface area contributed by atoms with Crippen LogP contribution in [0.2, 0.25) is 0 Å². The third-order valence-corrected chi connectivity index (χ3v) is 6.54. The highest BCUT2D eigenvalue weighted by Crippen LogP contribution is 2.29. The van der Waals surface area contributed by atoms with Crippen molar-refractivity contribution in [3.05, 3.63) is 60.3 Å². The zero-order chi connectivity index (χ0) is 23.5. The molecule has 3 aromatic rings. The van der Waals surface area contributed by atoms with Crippen LogP contribution in [0.25, 0.3) is 11.3 Å². The minimum atomic E-state index is -0.263. The summed E-state index contributed by atoms with van der Waals surface area (Å²) in [7, 11) is 0. The van der Waals surface area contributed by atoms with Crippen LogP contribution >= 0.6 is 0 Å². The second-order valence-electron chi connectivity index (χ2n) is 8.79. The first kappa shape index (κ1) is 22.2. The van der Waals surface area contributed by atoms with Gasteiger partial charge in [0.25, 0.3) is 0 Å². The van der Waals surface area contributed by atoms with Crippen molar-refractivity contribution in [2.75, 3.05) is 48.0 Å². The van der Waals surface area contributed by atoms with Crippen LogP contribution in [0.3, 0.4) is 0 Å². The molecule has 8 nitrogen and oxygen atoms in total. The van der Waals surface area contributed by atoms with Crippen LogP contribution in [0.1, 0.15) is 18.4 Å². The van der Waals surface area contributed by atoms with Gasteiger partial charge in [0.1, 0.15) is 6.04 Å². The molecule has 3 heterocycles. The Morgan fingerprint density at radius 3 is 2.62 bits per heavy atom. The molecular weight excluding hydrogens is 428 g/mol. The van der Waals surface area contributed by atoms with Gasteiger partial charge in [-0.3, -0.25) is 4.79 Å². The quantitative estimate of drug-likeness (QED) is 0.584. The molecule has 0 saturated carbocycles. The lowest BCUT2D eigenvalue weighted by atomic mass is 10.1. The zero-order valence-electron chi connectivity index (χ0n) is 19.4. The van der Waals surface area contributed by atoms with E-state index in [1.54, 1.807) is 6.20 Å². The van der Waals surface area contributed by atoms with Gasteiger partial charge in [-0.2, -0.15) is 0 Å². The van der Waals surface area contributed by atoms with Gasteiger partial charge in [0, 0.05) is 48.5 Å². The first-order valence-electron chi connectivity index (χ1n) is 11.8. The van der Waals surface area contributed by atoms with Crippen LogP contribution < -0.4 is 20.9 Å². The molecule has 0 aliphatic carbocycles. The molecule has 2 aliphatic heterocycles. The molecule has 0 spiro atoms. The Hall–Kier alpha value is -3.65. The molecule has 1 amide bonds. The maximum atomic E-state index is 11.7. The van der Waals surface area contributed by atoms with E-state index < -0.39 is 0 Å². The number of rotatable bonds is 6. The first-order chi connectivity index (χ1) is 16.6. The number of amides is 1. The maximum Gasteiger partial charge on any atom is 0.240 e. The van der Waals surface area contributed by atoms with Crippen molar-refractivity contribution >= 4 is 28.9 Å². The van der Waals surface area contributed by atoms with Crippen LogP contribution in [-0.2, 0) is 9.53 Å². The van der Waals surface area contributed by atoms with Crippen LogP contribution in [0, 0.1) is 6.92 Å². The highest BCUT2D eigenvalue weighted by atomic mass is 16.5. The van der Waals surface area contributed by atoms with E-state index in [0.29, 0.717) is 5.95 Å². The monoisotopic (exact) mass is 458 g/mol. The minimum absolute atomic E-state index is 0.223. The fraction of sp³-hybridized carbons (Fsp3) is 0.346. The van der Waals surface area contributed by atoms with Crippen molar-refractivity contribution in [1.82, 2.24) is 9.97 Å². The molecule has 2 aliphatic rings. The minimum Gasteiger partial charge on any atom is -0.378 e. The molecule has 34 heavy (non-hydrogen) atoms. The van der Waals surface area contributed by atoms with Gasteiger partial charge in [-0.05, 0) is 61.7 Å². The number of nitrogens with one attached hydrogen (secondary N) is 1. The molecule has 0 bridgehead atoms. The van der Waals surface area contributed by atoms with Crippen molar-refractivity contribution in [2.45, 2.75) is 25.8 Å². The van der Waals surface area contributed by atoms with E-state index in [1.807, 2.05) is 30.3 Å². The highest BCUT2D eigenvalue weighted by molar-refractivity contribution is 5.84. The Labute approximate surface area is 199 Å². The fourth-order valence-electron chi connectivity index (χ4n) is 4.80. The summed E-state index contributed by atoms with van der Waals surface area (Å²) in [5.41, 5.74) is 11.8. The second-order valence-corrected chi connectivity index (χ2v) is 8.79. The van der Waals surface area contributed by atoms with E-state index in [9.17, 15) is 4.79 Å². The number of aromatic nitrogens is 2. The molecular formula is C26H30N6O2. The molecule has 8 heteroatoms. The van der Waals surface area contributed by atoms with Crippen LogP contribution in [0.4, 0.5) is 23.0 Å². The van der Waals surface area contributed by atoms with Crippen LogP contribution in [-0.4, -0.2) is 54.8 Å². The van der Waals surface area contributed by atoms with Crippen molar-refractivity contribution in [1.29, 1.82) is 0 Å². The van der Waals surface area contributed by atoms with Crippen molar-refractivity contribution in [3.8, 4) is 11.3 Å². The highest BCUT2D eigenvalue weighted by Gasteiger charge is 2.29. The summed E-state index contributed by atoms with van der Waals surface area (Å²) in [4.78, 5) is 25.3. The summed E-state index contributed by atoms with van der Waals surface area (Å²) >= 11 is 0. The topological polar surface area (TPSA) is 96.6 Å². The third-order valence-electron chi connectivity index (χ3n) is 6.54.